The van der Waals surface area contributed by atoms with Crippen molar-refractivity contribution in [3.8, 4) is 0 Å². The van der Waals surface area contributed by atoms with Crippen molar-refractivity contribution in [2.24, 2.45) is 12.8 Å². The van der Waals surface area contributed by atoms with E-state index >= 15 is 0 Å². The molecule has 0 aromatic carbocycles. The highest BCUT2D eigenvalue weighted by Gasteiger charge is 2.37. The molecule has 2 unspecified atom stereocenters. The minimum atomic E-state index is -2.97. The Labute approximate surface area is 101 Å². The first kappa shape index (κ1) is 12.5. The smallest absolute Gasteiger partial charge is 0.153 e. The number of hydrogen-bond donors (Lipinski definition) is 1. The van der Waals surface area contributed by atoms with Crippen LogP contribution >= 0.6 is 0 Å². The third kappa shape index (κ3) is 2.67. The topological polar surface area (TPSA) is 81.2 Å². The number of nitrogens with zero attached hydrogens (tertiary/aromatic N) is 3. The number of aromatic nitrogens is 2. The lowest BCUT2D eigenvalue weighted by Gasteiger charge is -2.25. The van der Waals surface area contributed by atoms with Crippen LogP contribution in [-0.2, 0) is 23.4 Å². The Bertz CT molecular complexity index is 496. The lowest BCUT2D eigenvalue weighted by molar-refractivity contribution is 0.229. The quantitative estimate of drug-likeness (QED) is 0.750. The molecule has 1 aromatic rings. The van der Waals surface area contributed by atoms with Crippen molar-refractivity contribution in [3.05, 3.63) is 18.2 Å². The van der Waals surface area contributed by atoms with E-state index in [1.165, 1.54) is 0 Å². The van der Waals surface area contributed by atoms with Gasteiger partial charge in [0.1, 0.15) is 5.82 Å². The number of rotatable bonds is 3. The van der Waals surface area contributed by atoms with Gasteiger partial charge in [0, 0.05) is 31.5 Å². The second kappa shape index (κ2) is 4.40. The maximum absolute atomic E-state index is 11.5. The Morgan fingerprint density at radius 3 is 2.76 bits per heavy atom. The van der Waals surface area contributed by atoms with Gasteiger partial charge in [-0.15, -0.1) is 0 Å². The lowest BCUT2D eigenvalue weighted by atomic mass is 10.1. The molecule has 96 valence electrons. The van der Waals surface area contributed by atoms with Crippen LogP contribution < -0.4 is 5.73 Å². The Hall–Kier alpha value is -0.920. The number of sulfone groups is 1. The number of nitrogens with two attached hydrogens (primary N) is 1. The molecule has 1 fully saturated rings. The van der Waals surface area contributed by atoms with Gasteiger partial charge in [-0.1, -0.05) is 0 Å². The van der Waals surface area contributed by atoms with Gasteiger partial charge >= 0.3 is 0 Å². The van der Waals surface area contributed by atoms with Gasteiger partial charge in [0.25, 0.3) is 0 Å². The second-order valence-electron chi connectivity index (χ2n) is 4.68. The molecule has 2 heterocycles. The summed E-state index contributed by atoms with van der Waals surface area (Å²) in [6, 6.07) is -0.415. The van der Waals surface area contributed by atoms with Crippen LogP contribution in [0.25, 0.3) is 0 Å². The summed E-state index contributed by atoms with van der Waals surface area (Å²) < 4.78 is 24.9. The van der Waals surface area contributed by atoms with Gasteiger partial charge < -0.3 is 10.3 Å². The highest BCUT2D eigenvalue weighted by Crippen LogP contribution is 2.17. The number of aryl methyl sites for hydroxylation is 1. The molecule has 2 N–H and O–H groups in total. The zero-order chi connectivity index (χ0) is 12.6. The van der Waals surface area contributed by atoms with E-state index in [-0.39, 0.29) is 23.6 Å². The van der Waals surface area contributed by atoms with E-state index in [1.54, 1.807) is 6.20 Å². The monoisotopic (exact) mass is 258 g/mol. The van der Waals surface area contributed by atoms with Crippen molar-refractivity contribution in [3.63, 3.8) is 0 Å². The van der Waals surface area contributed by atoms with Gasteiger partial charge in [0.2, 0.25) is 0 Å². The van der Waals surface area contributed by atoms with Crippen molar-refractivity contribution in [1.82, 2.24) is 14.5 Å². The van der Waals surface area contributed by atoms with Crippen LogP contribution in [0.4, 0.5) is 0 Å². The minimum absolute atomic E-state index is 0.0859. The average Bonchev–Trinajstić information content (AvgIpc) is 2.71. The summed E-state index contributed by atoms with van der Waals surface area (Å²) in [6.07, 6.45) is 3.60. The van der Waals surface area contributed by atoms with E-state index in [0.29, 0.717) is 6.54 Å². The molecule has 0 bridgehead atoms. The van der Waals surface area contributed by atoms with Crippen LogP contribution in [0.3, 0.4) is 0 Å². The van der Waals surface area contributed by atoms with Crippen molar-refractivity contribution in [2.75, 3.05) is 18.6 Å². The highest BCUT2D eigenvalue weighted by atomic mass is 32.2. The highest BCUT2D eigenvalue weighted by molar-refractivity contribution is 7.91. The summed E-state index contributed by atoms with van der Waals surface area (Å²) in [6.45, 7) is 0.609. The normalized spacial score (nSPS) is 27.8. The summed E-state index contributed by atoms with van der Waals surface area (Å²) in [5.41, 5.74) is 5.87. The van der Waals surface area contributed by atoms with Crippen LogP contribution in [-0.4, -0.2) is 53.5 Å². The maximum atomic E-state index is 11.5. The fourth-order valence-corrected chi connectivity index (χ4v) is 4.17. The molecule has 7 heteroatoms. The molecular weight excluding hydrogens is 240 g/mol. The molecule has 1 saturated heterocycles. The van der Waals surface area contributed by atoms with Crippen LogP contribution in [0.5, 0.6) is 0 Å². The SMILES string of the molecule is CN(Cc1nccn1C)C1CS(=O)(=O)CC1N. The van der Waals surface area contributed by atoms with Crippen LogP contribution in [0.1, 0.15) is 5.82 Å². The standard InChI is InChI=1S/C10H18N4O2S/c1-13-4-3-12-10(13)5-14(2)9-7-17(15,16)6-8(9)11/h3-4,8-9H,5-7,11H2,1-2H3. The Morgan fingerprint density at radius 2 is 2.29 bits per heavy atom. The predicted octanol–water partition coefficient (Wildman–Crippen LogP) is -1.02. The van der Waals surface area contributed by atoms with Crippen LogP contribution in [0.15, 0.2) is 12.4 Å². The van der Waals surface area contributed by atoms with Crippen LogP contribution in [0, 0.1) is 0 Å². The largest absolute Gasteiger partial charge is 0.337 e. The lowest BCUT2D eigenvalue weighted by Crippen LogP contribution is -2.44. The molecule has 6 nitrogen and oxygen atoms in total. The third-order valence-corrected chi connectivity index (χ3v) is 4.99. The van der Waals surface area contributed by atoms with E-state index in [4.69, 9.17) is 5.73 Å². The molecule has 1 aromatic heterocycles. The van der Waals surface area contributed by atoms with Crippen molar-refractivity contribution < 1.29 is 8.42 Å². The number of likely N-dealkylation sites (N-methyl/N-ethyl adjacent to an activating group) is 1. The second-order valence-corrected chi connectivity index (χ2v) is 6.83. The summed E-state index contributed by atoms with van der Waals surface area (Å²) in [7, 11) is 0.835. The zero-order valence-corrected chi connectivity index (χ0v) is 10.9. The zero-order valence-electron chi connectivity index (χ0n) is 10.1. The summed E-state index contributed by atoms with van der Waals surface area (Å²) in [4.78, 5) is 6.19. The van der Waals surface area contributed by atoms with E-state index in [1.807, 2.05) is 29.8 Å². The van der Waals surface area contributed by atoms with Gasteiger partial charge in [0.15, 0.2) is 9.84 Å². The fraction of sp³-hybridized carbons (Fsp3) is 0.700. The first-order chi connectivity index (χ1) is 7.89. The number of imidazole rings is 1. The number of hydrogen-bond acceptors (Lipinski definition) is 5. The molecular formula is C10H18N4O2S. The summed E-state index contributed by atoms with van der Waals surface area (Å²) >= 11 is 0. The molecule has 2 rings (SSSR count). The molecule has 2 atom stereocenters. The van der Waals surface area contributed by atoms with E-state index in [9.17, 15) is 8.42 Å². The molecule has 0 radical (unpaired) electrons. The van der Waals surface area contributed by atoms with Crippen LogP contribution in [0.2, 0.25) is 0 Å². The Kier molecular flexibility index (Phi) is 3.24. The molecule has 0 amide bonds. The van der Waals surface area contributed by atoms with Gasteiger partial charge in [-0.25, -0.2) is 13.4 Å². The fourth-order valence-electron chi connectivity index (χ4n) is 2.20. The molecule has 0 saturated carbocycles. The minimum Gasteiger partial charge on any atom is -0.337 e. The Balaban J connectivity index is 2.06. The molecule has 1 aliphatic heterocycles. The molecule has 0 aliphatic carbocycles. The van der Waals surface area contributed by atoms with Crippen molar-refractivity contribution >= 4 is 9.84 Å². The Morgan fingerprint density at radius 1 is 1.59 bits per heavy atom. The molecule has 0 spiro atoms. The van der Waals surface area contributed by atoms with E-state index in [2.05, 4.69) is 4.98 Å². The third-order valence-electron chi connectivity index (χ3n) is 3.24. The van der Waals surface area contributed by atoms with E-state index in [0.717, 1.165) is 5.82 Å². The predicted molar refractivity (Wildman–Crippen MR) is 65.1 cm³/mol. The van der Waals surface area contributed by atoms with Gasteiger partial charge in [0.05, 0.1) is 18.1 Å². The van der Waals surface area contributed by atoms with Gasteiger partial charge in [-0.3, -0.25) is 4.90 Å². The maximum Gasteiger partial charge on any atom is 0.153 e. The van der Waals surface area contributed by atoms with Gasteiger partial charge in [-0.2, -0.15) is 0 Å². The van der Waals surface area contributed by atoms with Crippen molar-refractivity contribution in [2.45, 2.75) is 18.6 Å². The molecule has 17 heavy (non-hydrogen) atoms. The summed E-state index contributed by atoms with van der Waals surface area (Å²) in [5, 5.41) is 0. The molecule has 1 aliphatic rings. The van der Waals surface area contributed by atoms with Gasteiger partial charge in [-0.05, 0) is 7.05 Å². The summed E-state index contributed by atoms with van der Waals surface area (Å²) in [5.74, 6) is 1.14. The first-order valence-corrected chi connectivity index (χ1v) is 7.33. The van der Waals surface area contributed by atoms with Crippen molar-refractivity contribution in [1.29, 1.82) is 0 Å². The first-order valence-electron chi connectivity index (χ1n) is 5.51. The average molecular weight is 258 g/mol. The van der Waals surface area contributed by atoms with E-state index < -0.39 is 9.84 Å².